The number of aliphatic hydroxyl groups is 1. The number of fused-ring (bicyclic) bond motifs is 1. The quantitative estimate of drug-likeness (QED) is 0.301. The van der Waals surface area contributed by atoms with Crippen LogP contribution in [0.4, 0.5) is 0 Å². The first-order valence-electron chi connectivity index (χ1n) is 13.2. The Morgan fingerprint density at radius 2 is 1.89 bits per heavy atom. The van der Waals surface area contributed by atoms with Gasteiger partial charge in [-0.25, -0.2) is 4.98 Å². The van der Waals surface area contributed by atoms with E-state index in [2.05, 4.69) is 26.0 Å². The fourth-order valence-corrected chi connectivity index (χ4v) is 4.89. The Kier molecular flexibility index (Phi) is 8.82. The van der Waals surface area contributed by atoms with Gasteiger partial charge in [-0.1, -0.05) is 39.3 Å². The van der Waals surface area contributed by atoms with Crippen molar-refractivity contribution in [2.24, 2.45) is 5.92 Å². The summed E-state index contributed by atoms with van der Waals surface area (Å²) < 4.78 is 16.6. The second kappa shape index (κ2) is 12.2. The van der Waals surface area contributed by atoms with Gasteiger partial charge in [0.15, 0.2) is 11.5 Å². The summed E-state index contributed by atoms with van der Waals surface area (Å²) in [5, 5.41) is 9.68. The summed E-state index contributed by atoms with van der Waals surface area (Å²) >= 11 is 0. The Balaban J connectivity index is 1.81. The van der Waals surface area contributed by atoms with Crippen molar-refractivity contribution >= 4 is 5.78 Å². The zero-order valence-electron chi connectivity index (χ0n) is 22.3. The zero-order chi connectivity index (χ0) is 26.4. The van der Waals surface area contributed by atoms with Gasteiger partial charge in [0.2, 0.25) is 12.6 Å². The SMILES string of the molecule is CCCCc1ccc(C(CC)c2ccc3c(c2)OCO3)c(C(=O)c2ccc(OC)cc2C[C@H](C)CO)n1. The van der Waals surface area contributed by atoms with Crippen LogP contribution in [0.25, 0.3) is 0 Å². The van der Waals surface area contributed by atoms with Crippen molar-refractivity contribution in [1.82, 2.24) is 4.98 Å². The largest absolute Gasteiger partial charge is 0.497 e. The lowest BCUT2D eigenvalue weighted by Gasteiger charge is -2.21. The lowest BCUT2D eigenvalue weighted by molar-refractivity contribution is 0.103. The molecule has 37 heavy (non-hydrogen) atoms. The third-order valence-corrected chi connectivity index (χ3v) is 7.01. The molecule has 2 atom stereocenters. The maximum Gasteiger partial charge on any atom is 0.231 e. The number of hydrogen-bond donors (Lipinski definition) is 1. The molecule has 6 heteroatoms. The summed E-state index contributed by atoms with van der Waals surface area (Å²) in [6.45, 7) is 6.51. The van der Waals surface area contributed by atoms with Crippen molar-refractivity contribution in [3.8, 4) is 17.2 Å². The molecule has 2 aromatic carbocycles. The molecular weight excluding hydrogens is 466 g/mol. The molecule has 3 aromatic rings. The molecular formula is C31H37NO5. The van der Waals surface area contributed by atoms with Crippen molar-refractivity contribution in [3.63, 3.8) is 0 Å². The molecule has 0 saturated carbocycles. The lowest BCUT2D eigenvalue weighted by Crippen LogP contribution is -2.16. The van der Waals surface area contributed by atoms with Crippen LogP contribution in [0.5, 0.6) is 17.2 Å². The van der Waals surface area contributed by atoms with Crippen LogP contribution in [-0.2, 0) is 12.8 Å². The average Bonchev–Trinajstić information content (AvgIpc) is 3.40. The van der Waals surface area contributed by atoms with Gasteiger partial charge in [-0.3, -0.25) is 4.79 Å². The first kappa shape index (κ1) is 26.7. The zero-order valence-corrected chi connectivity index (χ0v) is 22.3. The van der Waals surface area contributed by atoms with Gasteiger partial charge in [0.05, 0.1) is 7.11 Å². The molecule has 1 aliphatic heterocycles. The highest BCUT2D eigenvalue weighted by Gasteiger charge is 2.26. The molecule has 0 fully saturated rings. The van der Waals surface area contributed by atoms with E-state index in [1.54, 1.807) is 7.11 Å². The predicted octanol–water partition coefficient (Wildman–Crippen LogP) is 6.11. The summed E-state index contributed by atoms with van der Waals surface area (Å²) in [5.41, 5.74) is 4.84. The summed E-state index contributed by atoms with van der Waals surface area (Å²) in [7, 11) is 1.62. The minimum Gasteiger partial charge on any atom is -0.497 e. The summed E-state index contributed by atoms with van der Waals surface area (Å²) in [6.07, 6.45) is 4.27. The van der Waals surface area contributed by atoms with Gasteiger partial charge in [0.1, 0.15) is 11.4 Å². The minimum atomic E-state index is -0.102. The monoisotopic (exact) mass is 503 g/mol. The van der Waals surface area contributed by atoms with E-state index >= 15 is 0 Å². The molecule has 0 aliphatic carbocycles. The van der Waals surface area contributed by atoms with Crippen LogP contribution in [0.15, 0.2) is 48.5 Å². The molecule has 1 unspecified atom stereocenters. The summed E-state index contributed by atoms with van der Waals surface area (Å²) in [4.78, 5) is 19.2. The first-order valence-corrected chi connectivity index (χ1v) is 13.2. The molecule has 6 nitrogen and oxygen atoms in total. The number of nitrogens with zero attached hydrogens (tertiary/aromatic N) is 1. The number of carbonyl (C=O) groups excluding carboxylic acids is 1. The highest BCUT2D eigenvalue weighted by atomic mass is 16.7. The van der Waals surface area contributed by atoms with E-state index in [1.807, 2.05) is 43.3 Å². The van der Waals surface area contributed by atoms with Crippen LogP contribution in [-0.4, -0.2) is 36.4 Å². The first-order chi connectivity index (χ1) is 18.0. The number of benzene rings is 2. The number of unbranched alkanes of at least 4 members (excludes halogenated alkanes) is 1. The van der Waals surface area contributed by atoms with Crippen LogP contribution < -0.4 is 14.2 Å². The van der Waals surface area contributed by atoms with E-state index in [1.165, 1.54) is 0 Å². The molecule has 1 aromatic heterocycles. The number of rotatable bonds is 12. The van der Waals surface area contributed by atoms with Gasteiger partial charge in [0, 0.05) is 23.8 Å². The highest BCUT2D eigenvalue weighted by Crippen LogP contribution is 2.39. The number of aliphatic hydroxyl groups excluding tert-OH is 1. The van der Waals surface area contributed by atoms with E-state index in [0.717, 1.165) is 59.6 Å². The average molecular weight is 504 g/mol. The molecule has 0 bridgehead atoms. The lowest BCUT2D eigenvalue weighted by atomic mass is 9.85. The Morgan fingerprint density at radius 1 is 1.08 bits per heavy atom. The number of pyridine rings is 1. The third kappa shape index (κ3) is 5.96. The number of ether oxygens (including phenoxy) is 3. The van der Waals surface area contributed by atoms with Crippen LogP contribution >= 0.6 is 0 Å². The Hall–Kier alpha value is -3.38. The number of hydrogen-bond acceptors (Lipinski definition) is 6. The van der Waals surface area contributed by atoms with Crippen molar-refractivity contribution in [3.05, 3.63) is 82.2 Å². The Morgan fingerprint density at radius 3 is 2.62 bits per heavy atom. The summed E-state index contributed by atoms with van der Waals surface area (Å²) in [5.74, 6) is 2.04. The van der Waals surface area contributed by atoms with Gasteiger partial charge in [0.25, 0.3) is 0 Å². The molecule has 4 rings (SSSR count). The van der Waals surface area contributed by atoms with E-state index in [-0.39, 0.29) is 31.0 Å². The van der Waals surface area contributed by atoms with Crippen LogP contribution in [0.3, 0.4) is 0 Å². The second-order valence-corrected chi connectivity index (χ2v) is 9.76. The van der Waals surface area contributed by atoms with Gasteiger partial charge < -0.3 is 19.3 Å². The molecule has 0 radical (unpaired) electrons. The molecule has 196 valence electrons. The molecule has 0 spiro atoms. The molecule has 2 heterocycles. The maximum absolute atomic E-state index is 14.2. The normalized spacial score (nSPS) is 13.9. The van der Waals surface area contributed by atoms with Crippen LogP contribution in [0.1, 0.15) is 84.4 Å². The van der Waals surface area contributed by atoms with E-state index < -0.39 is 0 Å². The fourth-order valence-electron chi connectivity index (χ4n) is 4.89. The van der Waals surface area contributed by atoms with Crippen molar-refractivity contribution in [1.29, 1.82) is 0 Å². The van der Waals surface area contributed by atoms with Gasteiger partial charge in [-0.15, -0.1) is 0 Å². The molecule has 0 amide bonds. The number of aromatic nitrogens is 1. The standard InChI is InChI=1S/C31H37NO5/c1-5-7-8-23-10-12-27(25(6-2)21-9-14-28-29(17-21)37-19-36-28)30(32-23)31(34)26-13-11-24(35-4)16-22(26)15-20(3)18-33/h9-14,16-17,20,25,33H,5-8,15,18-19H2,1-4H3/t20-,25?/m0/s1. The molecule has 1 N–H and O–H groups in total. The number of methoxy groups -OCH3 is 1. The van der Waals surface area contributed by atoms with Crippen LogP contribution in [0, 0.1) is 5.92 Å². The van der Waals surface area contributed by atoms with E-state index in [0.29, 0.717) is 23.4 Å². The van der Waals surface area contributed by atoms with E-state index in [4.69, 9.17) is 19.2 Å². The maximum atomic E-state index is 14.2. The van der Waals surface area contributed by atoms with Crippen molar-refractivity contribution in [2.45, 2.75) is 58.8 Å². The van der Waals surface area contributed by atoms with Crippen molar-refractivity contribution < 1.29 is 24.1 Å². The van der Waals surface area contributed by atoms with Crippen molar-refractivity contribution in [2.75, 3.05) is 20.5 Å². The Labute approximate surface area is 219 Å². The minimum absolute atomic E-state index is 0.0130. The fraction of sp³-hybridized carbons (Fsp3) is 0.419. The number of ketones is 1. The summed E-state index contributed by atoms with van der Waals surface area (Å²) in [6, 6.07) is 15.7. The molecule has 1 aliphatic rings. The van der Waals surface area contributed by atoms with E-state index in [9.17, 15) is 9.90 Å². The highest BCUT2D eigenvalue weighted by molar-refractivity contribution is 6.10. The second-order valence-electron chi connectivity index (χ2n) is 9.76. The van der Waals surface area contributed by atoms with Gasteiger partial charge in [-0.2, -0.15) is 0 Å². The smallest absolute Gasteiger partial charge is 0.231 e. The predicted molar refractivity (Wildman–Crippen MR) is 144 cm³/mol. The number of carbonyl (C=O) groups is 1. The Bertz CT molecular complexity index is 1240. The topological polar surface area (TPSA) is 77.9 Å². The number of aryl methyl sites for hydroxylation is 1. The third-order valence-electron chi connectivity index (χ3n) is 7.01. The van der Waals surface area contributed by atoms with Gasteiger partial charge >= 0.3 is 0 Å². The van der Waals surface area contributed by atoms with Crippen LogP contribution in [0.2, 0.25) is 0 Å². The van der Waals surface area contributed by atoms with Gasteiger partial charge in [-0.05, 0) is 84.7 Å². The molecule has 0 saturated heterocycles.